The summed E-state index contributed by atoms with van der Waals surface area (Å²) in [6.45, 7) is 4.32. The fraction of sp³-hybridized carbons (Fsp3) is 0.480. The summed E-state index contributed by atoms with van der Waals surface area (Å²) < 4.78 is 13.9. The highest BCUT2D eigenvalue weighted by molar-refractivity contribution is 5.92. The first-order valence-corrected chi connectivity index (χ1v) is 12.3. The molecular weight excluding hydrogens is 460 g/mol. The molecule has 1 atom stereocenters. The summed E-state index contributed by atoms with van der Waals surface area (Å²) in [4.78, 5) is 22.7. The molecule has 0 spiro atoms. The number of morpholine rings is 1. The van der Waals surface area contributed by atoms with Crippen LogP contribution in [0.5, 0.6) is 5.75 Å². The van der Waals surface area contributed by atoms with E-state index in [0.717, 1.165) is 44.5 Å². The van der Waals surface area contributed by atoms with Gasteiger partial charge in [0, 0.05) is 38.4 Å². The highest BCUT2D eigenvalue weighted by Gasteiger charge is 2.26. The van der Waals surface area contributed by atoms with Gasteiger partial charge in [-0.25, -0.2) is 14.5 Å². The highest BCUT2D eigenvalue weighted by Crippen LogP contribution is 2.33. The number of amides is 1. The van der Waals surface area contributed by atoms with Crippen LogP contribution in [0, 0.1) is 11.3 Å². The standard InChI is InChI=1S/C25H30N8O3/c1-16-14-32(9-10-35-16)19-11-22(23-17(12-26)13-29-33(23)15-19)36-20-5-3-18(4-6-20)30-25-28-8-7-21(31-25)24(34)27-2/h7-8,11,13,15-16,18,20H,3-6,9-10,14H2,1-2H3,(H,27,34)(H,28,30,31). The van der Waals surface area contributed by atoms with Gasteiger partial charge in [-0.05, 0) is 38.7 Å². The average molecular weight is 491 g/mol. The summed E-state index contributed by atoms with van der Waals surface area (Å²) in [6.07, 6.45) is 8.72. The second-order valence-corrected chi connectivity index (χ2v) is 9.23. The molecule has 2 aliphatic rings. The molecule has 1 aliphatic carbocycles. The van der Waals surface area contributed by atoms with Crippen LogP contribution in [0.3, 0.4) is 0 Å². The summed E-state index contributed by atoms with van der Waals surface area (Å²) in [6, 6.07) is 6.04. The lowest BCUT2D eigenvalue weighted by Crippen LogP contribution is -2.41. The summed E-state index contributed by atoms with van der Waals surface area (Å²) in [5, 5.41) is 20.0. The molecule has 2 N–H and O–H groups in total. The van der Waals surface area contributed by atoms with Gasteiger partial charge in [0.1, 0.15) is 28.6 Å². The normalized spacial score (nSPS) is 22.1. The van der Waals surface area contributed by atoms with Crippen LogP contribution < -0.4 is 20.3 Å². The molecule has 0 radical (unpaired) electrons. The van der Waals surface area contributed by atoms with Crippen molar-refractivity contribution in [2.45, 2.75) is 50.9 Å². The monoisotopic (exact) mass is 490 g/mol. The van der Waals surface area contributed by atoms with Gasteiger partial charge >= 0.3 is 0 Å². The molecule has 188 valence electrons. The van der Waals surface area contributed by atoms with Crippen molar-refractivity contribution in [2.24, 2.45) is 0 Å². The SMILES string of the molecule is CNC(=O)c1ccnc(NC2CCC(Oc3cc(N4CCOC(C)C4)cn4ncc(C#N)c34)CC2)n1. The molecule has 5 rings (SSSR count). The zero-order valence-corrected chi connectivity index (χ0v) is 20.5. The van der Waals surface area contributed by atoms with Gasteiger partial charge in [-0.1, -0.05) is 0 Å². The number of rotatable bonds is 6. The second kappa shape index (κ2) is 10.4. The predicted octanol–water partition coefficient (Wildman–Crippen LogP) is 2.38. The van der Waals surface area contributed by atoms with Crippen molar-refractivity contribution in [3.63, 3.8) is 0 Å². The van der Waals surface area contributed by atoms with E-state index >= 15 is 0 Å². The third-order valence-corrected chi connectivity index (χ3v) is 6.71. The molecule has 0 bridgehead atoms. The molecule has 11 heteroatoms. The Morgan fingerprint density at radius 1 is 1.31 bits per heavy atom. The molecule has 3 aromatic rings. The van der Waals surface area contributed by atoms with Crippen LogP contribution in [-0.2, 0) is 4.74 Å². The largest absolute Gasteiger partial charge is 0.488 e. The van der Waals surface area contributed by atoms with Gasteiger partial charge in [-0.2, -0.15) is 10.4 Å². The van der Waals surface area contributed by atoms with E-state index in [9.17, 15) is 10.1 Å². The first kappa shape index (κ1) is 23.8. The number of nitrogens with one attached hydrogen (secondary N) is 2. The van der Waals surface area contributed by atoms with Gasteiger partial charge < -0.3 is 25.0 Å². The van der Waals surface area contributed by atoms with Crippen molar-refractivity contribution in [1.82, 2.24) is 24.9 Å². The number of aromatic nitrogens is 4. The first-order valence-electron chi connectivity index (χ1n) is 12.3. The summed E-state index contributed by atoms with van der Waals surface area (Å²) >= 11 is 0. The third kappa shape index (κ3) is 5.04. The van der Waals surface area contributed by atoms with Crippen molar-refractivity contribution in [3.05, 3.63) is 42.0 Å². The Balaban J connectivity index is 1.28. The Kier molecular flexibility index (Phi) is 6.86. The maximum atomic E-state index is 11.9. The van der Waals surface area contributed by atoms with Crippen molar-refractivity contribution >= 4 is 23.1 Å². The maximum absolute atomic E-state index is 11.9. The lowest BCUT2D eigenvalue weighted by atomic mass is 9.93. The van der Waals surface area contributed by atoms with Gasteiger partial charge in [0.15, 0.2) is 0 Å². The smallest absolute Gasteiger partial charge is 0.269 e. The van der Waals surface area contributed by atoms with E-state index in [1.165, 1.54) is 0 Å². The molecule has 1 saturated heterocycles. The van der Waals surface area contributed by atoms with Gasteiger partial charge in [0.25, 0.3) is 5.91 Å². The molecule has 11 nitrogen and oxygen atoms in total. The molecule has 4 heterocycles. The number of fused-ring (bicyclic) bond motifs is 1. The Hall–Kier alpha value is -3.91. The first-order chi connectivity index (χ1) is 17.5. The molecule has 0 aromatic carbocycles. The second-order valence-electron chi connectivity index (χ2n) is 9.23. The molecule has 36 heavy (non-hydrogen) atoms. The zero-order chi connectivity index (χ0) is 25.1. The number of nitrogens with zero attached hydrogens (tertiary/aromatic N) is 6. The Morgan fingerprint density at radius 2 is 2.14 bits per heavy atom. The number of nitriles is 1. The van der Waals surface area contributed by atoms with E-state index in [2.05, 4.69) is 43.6 Å². The molecular formula is C25H30N8O3. The molecule has 1 amide bonds. The summed E-state index contributed by atoms with van der Waals surface area (Å²) in [5.74, 6) is 0.889. The fourth-order valence-corrected chi connectivity index (χ4v) is 4.84. The molecule has 1 saturated carbocycles. The number of hydrogen-bond donors (Lipinski definition) is 2. The lowest BCUT2D eigenvalue weighted by molar-refractivity contribution is 0.0531. The third-order valence-electron chi connectivity index (χ3n) is 6.71. The van der Waals surface area contributed by atoms with Gasteiger partial charge in [-0.15, -0.1) is 0 Å². The average Bonchev–Trinajstić information content (AvgIpc) is 3.33. The van der Waals surface area contributed by atoms with Crippen LogP contribution in [0.1, 0.15) is 48.7 Å². The number of carbonyl (C=O) groups is 1. The Bertz CT molecular complexity index is 1280. The minimum atomic E-state index is -0.241. The molecule has 2 fully saturated rings. The van der Waals surface area contributed by atoms with E-state index in [0.29, 0.717) is 35.1 Å². The van der Waals surface area contributed by atoms with Crippen LogP contribution in [-0.4, -0.2) is 70.5 Å². The van der Waals surface area contributed by atoms with Crippen molar-refractivity contribution in [3.8, 4) is 11.8 Å². The van der Waals surface area contributed by atoms with Crippen LogP contribution in [0.15, 0.2) is 30.7 Å². The topological polar surface area (TPSA) is 130 Å². The van der Waals surface area contributed by atoms with E-state index in [-0.39, 0.29) is 24.2 Å². The van der Waals surface area contributed by atoms with Crippen LogP contribution in [0.4, 0.5) is 11.6 Å². The van der Waals surface area contributed by atoms with Crippen molar-refractivity contribution < 1.29 is 14.3 Å². The number of hydrogen-bond acceptors (Lipinski definition) is 9. The van der Waals surface area contributed by atoms with Crippen LogP contribution in [0.25, 0.3) is 5.52 Å². The maximum Gasteiger partial charge on any atom is 0.269 e. The molecule has 3 aromatic heterocycles. The minimum Gasteiger partial charge on any atom is -0.488 e. The number of carbonyl (C=O) groups excluding carboxylic acids is 1. The van der Waals surface area contributed by atoms with Gasteiger partial charge in [0.2, 0.25) is 5.95 Å². The van der Waals surface area contributed by atoms with E-state index in [1.807, 2.05) is 12.3 Å². The van der Waals surface area contributed by atoms with E-state index in [1.54, 1.807) is 30.0 Å². The number of pyridine rings is 1. The zero-order valence-electron chi connectivity index (χ0n) is 20.5. The van der Waals surface area contributed by atoms with E-state index < -0.39 is 0 Å². The Labute approximate surface area is 209 Å². The van der Waals surface area contributed by atoms with Crippen LogP contribution >= 0.6 is 0 Å². The van der Waals surface area contributed by atoms with Crippen molar-refractivity contribution in [1.29, 1.82) is 5.26 Å². The van der Waals surface area contributed by atoms with E-state index in [4.69, 9.17) is 9.47 Å². The number of anilines is 2. The van der Waals surface area contributed by atoms with Gasteiger partial charge in [0.05, 0.1) is 36.9 Å². The van der Waals surface area contributed by atoms with Crippen molar-refractivity contribution in [2.75, 3.05) is 37.0 Å². The summed E-state index contributed by atoms with van der Waals surface area (Å²) in [5.41, 5.74) is 2.53. The lowest BCUT2D eigenvalue weighted by Gasteiger charge is -2.33. The quantitative estimate of drug-likeness (QED) is 0.535. The highest BCUT2D eigenvalue weighted by atomic mass is 16.5. The van der Waals surface area contributed by atoms with Gasteiger partial charge in [-0.3, -0.25) is 4.79 Å². The Morgan fingerprint density at radius 3 is 2.89 bits per heavy atom. The van der Waals surface area contributed by atoms with Crippen LogP contribution in [0.2, 0.25) is 0 Å². The summed E-state index contributed by atoms with van der Waals surface area (Å²) in [7, 11) is 1.58. The minimum absolute atomic E-state index is 0.0188. The number of ether oxygens (including phenoxy) is 2. The molecule has 1 unspecified atom stereocenters. The molecule has 1 aliphatic heterocycles. The predicted molar refractivity (Wildman–Crippen MR) is 133 cm³/mol. The fourth-order valence-electron chi connectivity index (χ4n) is 4.84.